The molecule has 218 valence electrons. The molecule has 2 atom stereocenters. The monoisotopic (exact) mass is 574 g/mol. The molecule has 8 nitrogen and oxygen atoms in total. The van der Waals surface area contributed by atoms with E-state index in [1.165, 1.54) is 12.1 Å². The number of carbonyl (C=O) groups excluding carboxylic acids is 2. The Labute approximate surface area is 239 Å². The smallest absolute Gasteiger partial charge is 0.306 e. The van der Waals surface area contributed by atoms with Crippen LogP contribution in [0.5, 0.6) is 5.75 Å². The van der Waals surface area contributed by atoms with Gasteiger partial charge in [0, 0.05) is 43.1 Å². The average molecular weight is 575 g/mol. The number of carbonyl (C=O) groups is 2. The van der Waals surface area contributed by atoms with E-state index in [0.717, 1.165) is 5.56 Å². The third kappa shape index (κ3) is 9.23. The molecule has 3 rings (SSSR count). The van der Waals surface area contributed by atoms with Crippen LogP contribution < -0.4 is 10.1 Å². The van der Waals surface area contributed by atoms with E-state index in [2.05, 4.69) is 5.32 Å². The number of esters is 1. The van der Waals surface area contributed by atoms with Crippen molar-refractivity contribution in [3.05, 3.63) is 65.5 Å². The zero-order chi connectivity index (χ0) is 29.2. The lowest BCUT2D eigenvalue weighted by atomic mass is 9.88. The Morgan fingerprint density at radius 3 is 2.50 bits per heavy atom. The highest BCUT2D eigenvalue weighted by molar-refractivity contribution is 7.98. The number of rotatable bonds is 14. The van der Waals surface area contributed by atoms with E-state index in [1.807, 2.05) is 0 Å². The molecule has 40 heavy (non-hydrogen) atoms. The van der Waals surface area contributed by atoms with Crippen LogP contribution in [0.2, 0.25) is 0 Å². The SMILES string of the molecule is C[C@H]1OC(c2ccc(OCCCO)cc2)=N[C@@]1(CCC(=O)OC(C)(C)C)C(=O)NCCSCc1ccc(F)cc1. The lowest BCUT2D eigenvalue weighted by Crippen LogP contribution is -2.51. The first-order valence-electron chi connectivity index (χ1n) is 13.5. The minimum atomic E-state index is -1.30. The molecule has 0 bridgehead atoms. The molecule has 0 radical (unpaired) electrons. The summed E-state index contributed by atoms with van der Waals surface area (Å²) in [7, 11) is 0. The van der Waals surface area contributed by atoms with E-state index in [0.29, 0.717) is 48.3 Å². The van der Waals surface area contributed by atoms with Crippen molar-refractivity contribution in [2.45, 2.75) is 70.0 Å². The Balaban J connectivity index is 1.69. The van der Waals surface area contributed by atoms with Gasteiger partial charge in [-0.2, -0.15) is 11.8 Å². The van der Waals surface area contributed by atoms with Crippen LogP contribution in [0.3, 0.4) is 0 Å². The number of nitrogens with zero attached hydrogens (tertiary/aromatic N) is 1. The van der Waals surface area contributed by atoms with Crippen molar-refractivity contribution in [3.8, 4) is 5.75 Å². The number of amides is 1. The van der Waals surface area contributed by atoms with E-state index in [4.69, 9.17) is 24.3 Å². The lowest BCUT2D eigenvalue weighted by Gasteiger charge is -2.28. The molecular formula is C30H39FN2O6S. The second kappa shape index (κ2) is 14.5. The molecule has 1 amide bonds. The number of aliphatic imine (C=N–C) groups is 1. The first kappa shape index (κ1) is 31.4. The maximum absolute atomic E-state index is 13.6. The zero-order valence-corrected chi connectivity index (χ0v) is 24.4. The van der Waals surface area contributed by atoms with Crippen LogP contribution in [0, 0.1) is 5.82 Å². The normalized spacial score (nSPS) is 18.6. The quantitative estimate of drug-likeness (QED) is 0.250. The van der Waals surface area contributed by atoms with Crippen LogP contribution >= 0.6 is 11.8 Å². The van der Waals surface area contributed by atoms with Gasteiger partial charge in [-0.25, -0.2) is 9.38 Å². The van der Waals surface area contributed by atoms with Gasteiger partial charge in [-0.3, -0.25) is 9.59 Å². The minimum absolute atomic E-state index is 0.00607. The standard InChI is InChI=1S/C30H39FN2O6S/c1-21-30(15-14-26(35)39-29(2,3)4,28(36)32-16-19-40-20-22-6-10-24(31)11-7-22)33-27(38-21)23-8-12-25(13-9-23)37-18-5-17-34/h6-13,21,34H,5,14-20H2,1-4H3,(H,32,36)/t21-,30-/m1/s1. The summed E-state index contributed by atoms with van der Waals surface area (Å²) in [5, 5.41) is 11.9. The van der Waals surface area contributed by atoms with Crippen molar-refractivity contribution < 1.29 is 33.3 Å². The summed E-state index contributed by atoms with van der Waals surface area (Å²) in [6.45, 7) is 8.03. The molecule has 2 N–H and O–H groups in total. The van der Waals surface area contributed by atoms with E-state index >= 15 is 0 Å². The highest BCUT2D eigenvalue weighted by atomic mass is 32.2. The maximum atomic E-state index is 13.6. The predicted molar refractivity (Wildman–Crippen MR) is 154 cm³/mol. The molecule has 2 aromatic rings. The van der Waals surface area contributed by atoms with Gasteiger partial charge in [0.05, 0.1) is 6.61 Å². The van der Waals surface area contributed by atoms with E-state index in [1.54, 1.807) is 75.9 Å². The predicted octanol–water partition coefficient (Wildman–Crippen LogP) is 4.66. The van der Waals surface area contributed by atoms with Gasteiger partial charge in [0.2, 0.25) is 5.90 Å². The van der Waals surface area contributed by atoms with Gasteiger partial charge < -0.3 is 24.6 Å². The fourth-order valence-corrected chi connectivity index (χ4v) is 4.92. The van der Waals surface area contributed by atoms with Gasteiger partial charge in [0.1, 0.15) is 23.3 Å². The Kier molecular flexibility index (Phi) is 11.4. The Hall–Kier alpha value is -3.11. The maximum Gasteiger partial charge on any atom is 0.306 e. The van der Waals surface area contributed by atoms with Crippen molar-refractivity contribution >= 4 is 29.5 Å². The second-order valence-corrected chi connectivity index (χ2v) is 11.7. The van der Waals surface area contributed by atoms with Gasteiger partial charge in [0.15, 0.2) is 5.54 Å². The summed E-state index contributed by atoms with van der Waals surface area (Å²) in [6.07, 6.45) is 0.0577. The number of hydrogen-bond acceptors (Lipinski definition) is 8. The number of nitrogens with one attached hydrogen (secondary N) is 1. The van der Waals surface area contributed by atoms with Crippen LogP contribution in [0.25, 0.3) is 0 Å². The number of hydrogen-bond donors (Lipinski definition) is 2. The highest BCUT2D eigenvalue weighted by Crippen LogP contribution is 2.34. The molecule has 0 aliphatic carbocycles. The number of benzene rings is 2. The highest BCUT2D eigenvalue weighted by Gasteiger charge is 2.50. The molecule has 1 aliphatic rings. The number of aliphatic hydroxyl groups excluding tert-OH is 1. The zero-order valence-electron chi connectivity index (χ0n) is 23.6. The van der Waals surface area contributed by atoms with Crippen molar-refractivity contribution in [3.63, 3.8) is 0 Å². The summed E-state index contributed by atoms with van der Waals surface area (Å²) in [5.41, 5.74) is -0.252. The van der Waals surface area contributed by atoms with Crippen LogP contribution in [0.4, 0.5) is 4.39 Å². The van der Waals surface area contributed by atoms with E-state index in [-0.39, 0.29) is 31.2 Å². The van der Waals surface area contributed by atoms with Gasteiger partial charge in [-0.1, -0.05) is 12.1 Å². The van der Waals surface area contributed by atoms with Crippen molar-refractivity contribution in [1.29, 1.82) is 0 Å². The minimum Gasteiger partial charge on any atom is -0.494 e. The van der Waals surface area contributed by atoms with Crippen molar-refractivity contribution in [2.24, 2.45) is 4.99 Å². The second-order valence-electron chi connectivity index (χ2n) is 10.6. The molecule has 2 aromatic carbocycles. The third-order valence-corrected chi connectivity index (χ3v) is 7.20. The fourth-order valence-electron chi connectivity index (χ4n) is 4.10. The molecular weight excluding hydrogens is 535 g/mol. The summed E-state index contributed by atoms with van der Waals surface area (Å²) in [4.78, 5) is 30.9. The van der Waals surface area contributed by atoms with Gasteiger partial charge in [0.25, 0.3) is 5.91 Å². The molecule has 0 saturated carbocycles. The van der Waals surface area contributed by atoms with Crippen LogP contribution in [-0.4, -0.2) is 65.6 Å². The van der Waals surface area contributed by atoms with Crippen molar-refractivity contribution in [2.75, 3.05) is 25.5 Å². The fraction of sp³-hybridized carbons (Fsp3) is 0.500. The van der Waals surface area contributed by atoms with Crippen molar-refractivity contribution in [1.82, 2.24) is 5.32 Å². The summed E-state index contributed by atoms with van der Waals surface area (Å²) >= 11 is 1.62. The molecule has 1 heterocycles. The van der Waals surface area contributed by atoms with Crippen LogP contribution in [0.1, 0.15) is 58.1 Å². The first-order valence-corrected chi connectivity index (χ1v) is 14.6. The number of thioether (sulfide) groups is 1. The largest absolute Gasteiger partial charge is 0.494 e. The Morgan fingerprint density at radius 1 is 1.15 bits per heavy atom. The summed E-state index contributed by atoms with van der Waals surface area (Å²) in [6, 6.07) is 13.5. The number of halogens is 1. The topological polar surface area (TPSA) is 106 Å². The van der Waals surface area contributed by atoms with Gasteiger partial charge in [-0.05, 0) is 76.1 Å². The van der Waals surface area contributed by atoms with Gasteiger partial charge in [-0.15, -0.1) is 0 Å². The molecule has 10 heteroatoms. The molecule has 1 aliphatic heterocycles. The lowest BCUT2D eigenvalue weighted by molar-refractivity contribution is -0.155. The number of ether oxygens (including phenoxy) is 3. The summed E-state index contributed by atoms with van der Waals surface area (Å²) in [5.74, 6) is 1.32. The molecule has 0 unspecified atom stereocenters. The van der Waals surface area contributed by atoms with E-state index < -0.39 is 23.2 Å². The molecule has 0 fully saturated rings. The first-order chi connectivity index (χ1) is 19.0. The average Bonchev–Trinajstić information content (AvgIpc) is 3.25. The van der Waals surface area contributed by atoms with Crippen LogP contribution in [0.15, 0.2) is 53.5 Å². The summed E-state index contributed by atoms with van der Waals surface area (Å²) < 4.78 is 30.3. The number of aliphatic hydroxyl groups is 1. The molecule has 0 saturated heterocycles. The Morgan fingerprint density at radius 2 is 1.85 bits per heavy atom. The van der Waals surface area contributed by atoms with Crippen LogP contribution in [-0.2, 0) is 24.8 Å². The third-order valence-electron chi connectivity index (χ3n) is 6.17. The van der Waals surface area contributed by atoms with E-state index in [9.17, 15) is 14.0 Å². The van der Waals surface area contributed by atoms with Gasteiger partial charge >= 0.3 is 5.97 Å². The Bertz CT molecular complexity index is 1150. The molecule has 0 aromatic heterocycles. The molecule has 0 spiro atoms.